The van der Waals surface area contributed by atoms with E-state index < -0.39 is 24.5 Å². The van der Waals surface area contributed by atoms with Crippen LogP contribution in [0.2, 0.25) is 5.15 Å². The molecule has 132 valence electrons. The molecule has 7 nitrogen and oxygen atoms in total. The molecule has 0 bridgehead atoms. The van der Waals surface area contributed by atoms with Gasteiger partial charge in [0.25, 0.3) is 5.91 Å². The molecule has 2 aromatic rings. The number of nitrogens with one attached hydrogen (secondary N) is 1. The molecule has 0 saturated carbocycles. The highest BCUT2D eigenvalue weighted by molar-refractivity contribution is 7.16. The van der Waals surface area contributed by atoms with Crippen molar-refractivity contribution in [3.63, 3.8) is 0 Å². The number of pyridine rings is 1. The number of methoxy groups -OCH3 is 1. The number of halogens is 1. The molecule has 0 aromatic carbocycles. The summed E-state index contributed by atoms with van der Waals surface area (Å²) in [6.07, 6.45) is 1.36. The maximum absolute atomic E-state index is 12.0. The fourth-order valence-electron chi connectivity index (χ4n) is 1.97. The molecule has 0 unspecified atom stereocenters. The molecule has 0 aliphatic rings. The zero-order chi connectivity index (χ0) is 18.6. The van der Waals surface area contributed by atoms with Gasteiger partial charge in [-0.3, -0.25) is 4.79 Å². The van der Waals surface area contributed by atoms with Gasteiger partial charge >= 0.3 is 11.9 Å². The predicted molar refractivity (Wildman–Crippen MR) is 93.3 cm³/mol. The van der Waals surface area contributed by atoms with Crippen LogP contribution >= 0.6 is 22.9 Å². The second-order valence-corrected chi connectivity index (χ2v) is 6.58. The Kier molecular flexibility index (Phi) is 6.11. The van der Waals surface area contributed by atoms with Gasteiger partial charge in [-0.1, -0.05) is 11.6 Å². The number of esters is 2. The van der Waals surface area contributed by atoms with Gasteiger partial charge in [0.15, 0.2) is 6.61 Å². The Morgan fingerprint density at radius 1 is 1.28 bits per heavy atom. The third-order valence-electron chi connectivity index (χ3n) is 3.32. The van der Waals surface area contributed by atoms with Gasteiger partial charge in [-0.2, -0.15) is 0 Å². The highest BCUT2D eigenvalue weighted by Crippen LogP contribution is 2.32. The third-order valence-corrected chi connectivity index (χ3v) is 4.65. The molecule has 0 saturated heterocycles. The molecule has 0 fully saturated rings. The number of anilines is 1. The molecule has 2 aromatic heterocycles. The summed E-state index contributed by atoms with van der Waals surface area (Å²) in [7, 11) is 1.27. The molecule has 0 aliphatic heterocycles. The van der Waals surface area contributed by atoms with Crippen LogP contribution in [0.3, 0.4) is 0 Å². The molecule has 0 radical (unpaired) electrons. The summed E-state index contributed by atoms with van der Waals surface area (Å²) in [5, 5.41) is 3.07. The summed E-state index contributed by atoms with van der Waals surface area (Å²) in [5.41, 5.74) is 1.21. The number of carbonyl (C=O) groups excluding carboxylic acids is 3. The fraction of sp³-hybridized carbons (Fsp3) is 0.250. The highest BCUT2D eigenvalue weighted by Gasteiger charge is 2.22. The van der Waals surface area contributed by atoms with E-state index in [4.69, 9.17) is 21.1 Å². The van der Waals surface area contributed by atoms with Crippen molar-refractivity contribution in [2.24, 2.45) is 0 Å². The molecule has 2 heterocycles. The molecule has 0 spiro atoms. The van der Waals surface area contributed by atoms with Gasteiger partial charge in [-0.05, 0) is 31.5 Å². The van der Waals surface area contributed by atoms with Crippen molar-refractivity contribution in [1.29, 1.82) is 0 Å². The quantitative estimate of drug-likeness (QED) is 0.631. The first-order chi connectivity index (χ1) is 11.8. The summed E-state index contributed by atoms with van der Waals surface area (Å²) in [6.45, 7) is 3.09. The highest BCUT2D eigenvalue weighted by atomic mass is 35.5. The SMILES string of the molecule is COC(=O)c1c(NC(=O)COC(=O)c2ccnc(Cl)c2)sc(C)c1C. The van der Waals surface area contributed by atoms with Crippen LogP contribution < -0.4 is 5.32 Å². The van der Waals surface area contributed by atoms with Crippen LogP contribution in [0.25, 0.3) is 0 Å². The standard InChI is InChI=1S/C16H15ClN2O5S/c1-8-9(2)25-14(13(8)16(22)23-3)19-12(20)7-24-15(21)10-4-5-18-11(17)6-10/h4-6H,7H2,1-3H3,(H,19,20). The van der Waals surface area contributed by atoms with E-state index in [1.54, 1.807) is 6.92 Å². The zero-order valence-electron chi connectivity index (χ0n) is 13.7. The van der Waals surface area contributed by atoms with Crippen molar-refractivity contribution in [1.82, 2.24) is 4.98 Å². The van der Waals surface area contributed by atoms with E-state index in [0.29, 0.717) is 10.6 Å². The van der Waals surface area contributed by atoms with Crippen LogP contribution in [0.4, 0.5) is 5.00 Å². The molecule has 1 amide bonds. The molecular weight excluding hydrogens is 368 g/mol. The number of rotatable bonds is 5. The fourth-order valence-corrected chi connectivity index (χ4v) is 3.21. The summed E-state index contributed by atoms with van der Waals surface area (Å²) in [5.74, 6) is -1.81. The summed E-state index contributed by atoms with van der Waals surface area (Å²) < 4.78 is 9.66. The van der Waals surface area contributed by atoms with Gasteiger partial charge < -0.3 is 14.8 Å². The van der Waals surface area contributed by atoms with E-state index in [2.05, 4.69) is 10.3 Å². The molecular formula is C16H15ClN2O5S. The van der Waals surface area contributed by atoms with Crippen LogP contribution in [0, 0.1) is 13.8 Å². The van der Waals surface area contributed by atoms with Crippen molar-refractivity contribution in [2.75, 3.05) is 19.0 Å². The van der Waals surface area contributed by atoms with E-state index in [0.717, 1.165) is 10.4 Å². The number of carbonyl (C=O) groups is 3. The topological polar surface area (TPSA) is 94.6 Å². The molecule has 9 heteroatoms. The first-order valence-electron chi connectivity index (χ1n) is 7.10. The Bertz CT molecular complexity index is 834. The monoisotopic (exact) mass is 382 g/mol. The van der Waals surface area contributed by atoms with E-state index in [-0.39, 0.29) is 10.7 Å². The van der Waals surface area contributed by atoms with Gasteiger partial charge in [0.2, 0.25) is 0 Å². The van der Waals surface area contributed by atoms with Crippen molar-refractivity contribution in [3.8, 4) is 0 Å². The molecule has 1 N–H and O–H groups in total. The third kappa shape index (κ3) is 4.55. The van der Waals surface area contributed by atoms with Crippen molar-refractivity contribution >= 4 is 45.8 Å². The maximum Gasteiger partial charge on any atom is 0.341 e. The molecule has 0 atom stereocenters. The van der Waals surface area contributed by atoms with Crippen LogP contribution in [0.1, 0.15) is 31.2 Å². The van der Waals surface area contributed by atoms with Gasteiger partial charge in [0.05, 0.1) is 18.2 Å². The lowest BCUT2D eigenvalue weighted by molar-refractivity contribution is -0.119. The number of nitrogens with zero attached hydrogens (tertiary/aromatic N) is 1. The van der Waals surface area contributed by atoms with Gasteiger partial charge in [0.1, 0.15) is 10.2 Å². The van der Waals surface area contributed by atoms with Gasteiger partial charge in [0, 0.05) is 11.1 Å². The molecule has 25 heavy (non-hydrogen) atoms. The van der Waals surface area contributed by atoms with Gasteiger partial charge in [-0.15, -0.1) is 11.3 Å². The van der Waals surface area contributed by atoms with Crippen molar-refractivity contribution in [3.05, 3.63) is 45.1 Å². The second-order valence-electron chi connectivity index (χ2n) is 4.97. The lowest BCUT2D eigenvalue weighted by Crippen LogP contribution is -2.21. The van der Waals surface area contributed by atoms with Crippen LogP contribution in [-0.2, 0) is 14.3 Å². The van der Waals surface area contributed by atoms with E-state index in [9.17, 15) is 14.4 Å². The second kappa shape index (κ2) is 8.09. The Morgan fingerprint density at radius 2 is 2.00 bits per heavy atom. The minimum atomic E-state index is -0.703. The predicted octanol–water partition coefficient (Wildman–Crippen LogP) is 3.00. The lowest BCUT2D eigenvalue weighted by atomic mass is 10.1. The Labute approximate surface area is 152 Å². The van der Waals surface area contributed by atoms with E-state index in [1.807, 2.05) is 6.92 Å². The first-order valence-corrected chi connectivity index (χ1v) is 8.29. The normalized spacial score (nSPS) is 10.2. The Hall–Kier alpha value is -2.45. The smallest absolute Gasteiger partial charge is 0.341 e. The summed E-state index contributed by atoms with van der Waals surface area (Å²) in [6, 6.07) is 2.76. The first kappa shape index (κ1) is 18.9. The number of ether oxygens (including phenoxy) is 2. The van der Waals surface area contributed by atoms with Crippen LogP contribution in [0.15, 0.2) is 18.3 Å². The average Bonchev–Trinajstić information content (AvgIpc) is 2.86. The van der Waals surface area contributed by atoms with Crippen LogP contribution in [-0.4, -0.2) is 36.5 Å². The van der Waals surface area contributed by atoms with Crippen molar-refractivity contribution in [2.45, 2.75) is 13.8 Å². The van der Waals surface area contributed by atoms with Crippen LogP contribution in [0.5, 0.6) is 0 Å². The van der Waals surface area contributed by atoms with E-state index in [1.165, 1.54) is 36.8 Å². The Morgan fingerprint density at radius 3 is 2.64 bits per heavy atom. The summed E-state index contributed by atoms with van der Waals surface area (Å²) >= 11 is 6.94. The number of hydrogen-bond donors (Lipinski definition) is 1. The minimum absolute atomic E-state index is 0.145. The number of thiophene rings is 1. The Balaban J connectivity index is 2.02. The number of amides is 1. The number of aromatic nitrogens is 1. The molecule has 0 aliphatic carbocycles. The molecule has 2 rings (SSSR count). The lowest BCUT2D eigenvalue weighted by Gasteiger charge is -2.07. The minimum Gasteiger partial charge on any atom is -0.465 e. The van der Waals surface area contributed by atoms with Crippen molar-refractivity contribution < 1.29 is 23.9 Å². The van der Waals surface area contributed by atoms with E-state index >= 15 is 0 Å². The van der Waals surface area contributed by atoms with Gasteiger partial charge in [-0.25, -0.2) is 14.6 Å². The summed E-state index contributed by atoms with van der Waals surface area (Å²) in [4.78, 5) is 40.4. The maximum atomic E-state index is 12.0. The largest absolute Gasteiger partial charge is 0.465 e. The number of aryl methyl sites for hydroxylation is 1. The zero-order valence-corrected chi connectivity index (χ0v) is 15.3. The number of hydrogen-bond acceptors (Lipinski definition) is 7. The average molecular weight is 383 g/mol.